The highest BCUT2D eigenvalue weighted by Crippen LogP contribution is 2.11. The number of hydrogen-bond acceptors (Lipinski definition) is 7. The zero-order chi connectivity index (χ0) is 22.9. The summed E-state index contributed by atoms with van der Waals surface area (Å²) in [5.74, 6) is -1.73. The standard InChI is InChI=1S/C20H30N2O7S/c1-14(21-19(25)28-13-15-9-7-6-8-10-15)17(23)22-16(11-12-30(5,26)27)18(24)29-20(2,3)4/h6-10,14,16H,11-13H2,1-5H3,(H,21,25)(H,22,23)/t14-,16-/m0/s1. The van der Waals surface area contributed by atoms with Gasteiger partial charge in [0.05, 0.1) is 5.75 Å². The van der Waals surface area contributed by atoms with E-state index in [9.17, 15) is 22.8 Å². The Hall–Kier alpha value is -2.62. The summed E-state index contributed by atoms with van der Waals surface area (Å²) < 4.78 is 33.2. The summed E-state index contributed by atoms with van der Waals surface area (Å²) in [6, 6.07) is 6.83. The minimum absolute atomic E-state index is 0.0376. The van der Waals surface area contributed by atoms with E-state index in [0.29, 0.717) is 0 Å². The van der Waals surface area contributed by atoms with Crippen molar-refractivity contribution in [3.05, 3.63) is 35.9 Å². The number of carbonyl (C=O) groups is 3. The SMILES string of the molecule is C[C@H](NC(=O)OCc1ccccc1)C(=O)N[C@@H](CCS(C)(=O)=O)C(=O)OC(C)(C)C. The Balaban J connectivity index is 2.66. The van der Waals surface area contributed by atoms with E-state index in [2.05, 4.69) is 10.6 Å². The van der Waals surface area contributed by atoms with E-state index in [1.807, 2.05) is 6.07 Å². The molecule has 1 aromatic rings. The molecule has 168 valence electrons. The molecule has 2 atom stereocenters. The van der Waals surface area contributed by atoms with Crippen LogP contribution >= 0.6 is 0 Å². The maximum atomic E-state index is 12.4. The lowest BCUT2D eigenvalue weighted by Crippen LogP contribution is -2.52. The second-order valence-electron chi connectivity index (χ2n) is 7.94. The summed E-state index contributed by atoms with van der Waals surface area (Å²) in [6.07, 6.45) is 0.0879. The number of alkyl carbamates (subject to hydrolysis) is 1. The molecular weight excluding hydrogens is 412 g/mol. The highest BCUT2D eigenvalue weighted by molar-refractivity contribution is 7.90. The van der Waals surface area contributed by atoms with Gasteiger partial charge in [-0.1, -0.05) is 30.3 Å². The summed E-state index contributed by atoms with van der Waals surface area (Å²) in [7, 11) is -3.35. The van der Waals surface area contributed by atoms with Crippen molar-refractivity contribution < 1.29 is 32.3 Å². The third kappa shape index (κ3) is 10.8. The van der Waals surface area contributed by atoms with Crippen molar-refractivity contribution in [1.29, 1.82) is 0 Å². The zero-order valence-corrected chi connectivity index (χ0v) is 18.7. The van der Waals surface area contributed by atoms with Crippen LogP contribution in [0.4, 0.5) is 4.79 Å². The summed E-state index contributed by atoms with van der Waals surface area (Å²) in [6.45, 7) is 6.44. The van der Waals surface area contributed by atoms with Gasteiger partial charge in [-0.25, -0.2) is 18.0 Å². The van der Waals surface area contributed by atoms with Gasteiger partial charge < -0.3 is 20.1 Å². The van der Waals surface area contributed by atoms with Gasteiger partial charge in [0.25, 0.3) is 0 Å². The number of amides is 2. The quantitative estimate of drug-likeness (QED) is 0.556. The lowest BCUT2D eigenvalue weighted by molar-refractivity contribution is -0.158. The van der Waals surface area contributed by atoms with Gasteiger partial charge in [-0.3, -0.25) is 4.79 Å². The second-order valence-corrected chi connectivity index (χ2v) is 10.2. The molecule has 9 nitrogen and oxygen atoms in total. The van der Waals surface area contributed by atoms with Crippen LogP contribution in [0.2, 0.25) is 0 Å². The van der Waals surface area contributed by atoms with Gasteiger partial charge in [0.2, 0.25) is 5.91 Å². The van der Waals surface area contributed by atoms with Gasteiger partial charge in [-0.2, -0.15) is 0 Å². The van der Waals surface area contributed by atoms with Crippen LogP contribution in [-0.4, -0.2) is 56.1 Å². The second kappa shape index (κ2) is 11.0. The normalized spacial score (nSPS) is 13.6. The monoisotopic (exact) mass is 442 g/mol. The smallest absolute Gasteiger partial charge is 0.408 e. The average Bonchev–Trinajstić information content (AvgIpc) is 2.61. The topological polar surface area (TPSA) is 128 Å². The Labute approximate surface area is 177 Å². The molecule has 0 fully saturated rings. The van der Waals surface area contributed by atoms with Crippen LogP contribution in [0.25, 0.3) is 0 Å². The third-order valence-corrected chi connectivity index (χ3v) is 4.70. The van der Waals surface area contributed by atoms with Gasteiger partial charge in [0.1, 0.15) is 34.1 Å². The van der Waals surface area contributed by atoms with Crippen LogP contribution in [0.1, 0.15) is 39.7 Å². The van der Waals surface area contributed by atoms with Crippen molar-refractivity contribution in [3.8, 4) is 0 Å². The number of hydrogen-bond donors (Lipinski definition) is 2. The number of carbonyl (C=O) groups excluding carboxylic acids is 3. The minimum atomic E-state index is -3.35. The van der Waals surface area contributed by atoms with E-state index < -0.39 is 45.5 Å². The first-order valence-electron chi connectivity index (χ1n) is 9.45. The molecule has 2 amide bonds. The van der Waals surface area contributed by atoms with Gasteiger partial charge in [-0.15, -0.1) is 0 Å². The fourth-order valence-electron chi connectivity index (χ4n) is 2.26. The maximum absolute atomic E-state index is 12.4. The molecule has 1 rings (SSSR count). The highest BCUT2D eigenvalue weighted by Gasteiger charge is 2.29. The minimum Gasteiger partial charge on any atom is -0.458 e. The molecule has 0 aliphatic heterocycles. The van der Waals surface area contributed by atoms with Crippen LogP contribution in [0.5, 0.6) is 0 Å². The number of esters is 1. The fourth-order valence-corrected chi connectivity index (χ4v) is 2.92. The van der Waals surface area contributed by atoms with E-state index in [1.165, 1.54) is 6.92 Å². The van der Waals surface area contributed by atoms with E-state index in [0.717, 1.165) is 11.8 Å². The van der Waals surface area contributed by atoms with Gasteiger partial charge >= 0.3 is 12.1 Å². The lowest BCUT2D eigenvalue weighted by Gasteiger charge is -2.25. The lowest BCUT2D eigenvalue weighted by atomic mass is 10.1. The van der Waals surface area contributed by atoms with Crippen LogP contribution in [0.3, 0.4) is 0 Å². The first kappa shape index (κ1) is 25.4. The third-order valence-electron chi connectivity index (χ3n) is 3.73. The first-order valence-corrected chi connectivity index (χ1v) is 11.5. The van der Waals surface area contributed by atoms with E-state index >= 15 is 0 Å². The van der Waals surface area contributed by atoms with Crippen LogP contribution in [0.15, 0.2) is 30.3 Å². The first-order chi connectivity index (χ1) is 13.8. The number of rotatable bonds is 9. The maximum Gasteiger partial charge on any atom is 0.408 e. The van der Waals surface area contributed by atoms with Crippen molar-refractivity contribution in [2.24, 2.45) is 0 Å². The average molecular weight is 443 g/mol. The molecule has 2 N–H and O–H groups in total. The molecular formula is C20H30N2O7S. The van der Waals surface area contributed by atoms with E-state index in [-0.39, 0.29) is 18.8 Å². The largest absolute Gasteiger partial charge is 0.458 e. The predicted molar refractivity (Wildman–Crippen MR) is 111 cm³/mol. The van der Waals surface area contributed by atoms with E-state index in [4.69, 9.17) is 9.47 Å². The molecule has 0 saturated carbocycles. The molecule has 10 heteroatoms. The van der Waals surface area contributed by atoms with Gasteiger partial charge in [-0.05, 0) is 39.7 Å². The van der Waals surface area contributed by atoms with Crippen LogP contribution in [-0.2, 0) is 35.5 Å². The summed E-state index contributed by atoms with van der Waals surface area (Å²) in [4.78, 5) is 36.7. The van der Waals surface area contributed by atoms with Crippen molar-refractivity contribution in [2.75, 3.05) is 12.0 Å². The molecule has 0 radical (unpaired) electrons. The van der Waals surface area contributed by atoms with Gasteiger partial charge in [0.15, 0.2) is 0 Å². The van der Waals surface area contributed by atoms with Crippen LogP contribution < -0.4 is 10.6 Å². The molecule has 0 unspecified atom stereocenters. The van der Waals surface area contributed by atoms with Crippen LogP contribution in [0, 0.1) is 0 Å². The van der Waals surface area contributed by atoms with Gasteiger partial charge in [0, 0.05) is 6.26 Å². The zero-order valence-electron chi connectivity index (χ0n) is 17.9. The Morgan fingerprint density at radius 3 is 2.20 bits per heavy atom. The number of nitrogens with one attached hydrogen (secondary N) is 2. The molecule has 0 spiro atoms. The predicted octanol–water partition coefficient (Wildman–Crippen LogP) is 1.56. The molecule has 30 heavy (non-hydrogen) atoms. The number of benzene rings is 1. The van der Waals surface area contributed by atoms with Crippen molar-refractivity contribution in [1.82, 2.24) is 10.6 Å². The summed E-state index contributed by atoms with van der Waals surface area (Å²) in [5.41, 5.74) is -0.0217. The Morgan fingerprint density at radius 2 is 1.67 bits per heavy atom. The Bertz CT molecular complexity index is 832. The molecule has 0 bridgehead atoms. The molecule has 0 aliphatic carbocycles. The number of ether oxygens (including phenoxy) is 2. The fraction of sp³-hybridized carbons (Fsp3) is 0.550. The molecule has 0 saturated heterocycles. The summed E-state index contributed by atoms with van der Waals surface area (Å²) in [5, 5.41) is 4.81. The highest BCUT2D eigenvalue weighted by atomic mass is 32.2. The molecule has 0 heterocycles. The Morgan fingerprint density at radius 1 is 1.07 bits per heavy atom. The van der Waals surface area contributed by atoms with Crippen molar-refractivity contribution in [2.45, 2.75) is 58.4 Å². The molecule has 1 aromatic carbocycles. The number of sulfone groups is 1. The Kier molecular flexibility index (Phi) is 9.28. The molecule has 0 aliphatic rings. The molecule has 0 aromatic heterocycles. The van der Waals surface area contributed by atoms with Crippen molar-refractivity contribution >= 4 is 27.8 Å². The van der Waals surface area contributed by atoms with Crippen molar-refractivity contribution in [3.63, 3.8) is 0 Å². The van der Waals surface area contributed by atoms with E-state index in [1.54, 1.807) is 45.0 Å². The summed E-state index contributed by atoms with van der Waals surface area (Å²) >= 11 is 0.